The number of para-hydroxylation sites is 1. The van der Waals surface area contributed by atoms with Crippen LogP contribution >= 0.6 is 11.6 Å². The number of hydrogen-bond acceptors (Lipinski definition) is 4. The Labute approximate surface area is 243 Å². The van der Waals surface area contributed by atoms with E-state index in [1.807, 2.05) is 52.8 Å². The lowest BCUT2D eigenvalue weighted by Gasteiger charge is -2.34. The molecule has 1 unspecified atom stereocenters. The molecule has 1 N–H and O–H groups in total. The Morgan fingerprint density at radius 1 is 0.900 bits per heavy atom. The van der Waals surface area contributed by atoms with Crippen molar-refractivity contribution in [3.8, 4) is 0 Å². The number of benzene rings is 3. The van der Waals surface area contributed by atoms with Gasteiger partial charge in [0.25, 0.3) is 10.0 Å². The van der Waals surface area contributed by atoms with Crippen molar-refractivity contribution in [2.24, 2.45) is 0 Å². The van der Waals surface area contributed by atoms with Crippen molar-refractivity contribution in [3.63, 3.8) is 0 Å². The van der Waals surface area contributed by atoms with Crippen LogP contribution in [0.25, 0.3) is 0 Å². The fourth-order valence-corrected chi connectivity index (χ4v) is 6.16. The van der Waals surface area contributed by atoms with E-state index >= 15 is 0 Å². The lowest BCUT2D eigenvalue weighted by atomic mass is 10.1. The van der Waals surface area contributed by atoms with E-state index in [1.54, 1.807) is 54.6 Å². The van der Waals surface area contributed by atoms with Gasteiger partial charge in [-0.15, -0.1) is 0 Å². The first-order valence-corrected chi connectivity index (χ1v) is 15.3. The van der Waals surface area contributed by atoms with E-state index in [1.165, 1.54) is 4.90 Å². The molecule has 1 atom stereocenters. The molecule has 0 aliphatic rings. The van der Waals surface area contributed by atoms with E-state index in [0.717, 1.165) is 15.4 Å². The van der Waals surface area contributed by atoms with Gasteiger partial charge < -0.3 is 10.2 Å². The van der Waals surface area contributed by atoms with Crippen molar-refractivity contribution in [2.45, 2.75) is 71.0 Å². The van der Waals surface area contributed by atoms with Crippen LogP contribution in [0.3, 0.4) is 0 Å². The first-order chi connectivity index (χ1) is 19.0. The minimum absolute atomic E-state index is 0.0520. The lowest BCUT2D eigenvalue weighted by molar-refractivity contribution is -0.140. The third-order valence-corrected chi connectivity index (χ3v) is 8.79. The molecule has 0 spiro atoms. The molecule has 3 aromatic carbocycles. The smallest absolute Gasteiger partial charge is 0.264 e. The minimum Gasteiger partial charge on any atom is -0.352 e. The number of aryl methyl sites for hydroxylation is 2. The van der Waals surface area contributed by atoms with Crippen LogP contribution in [0.5, 0.6) is 0 Å². The highest BCUT2D eigenvalue weighted by Crippen LogP contribution is 2.29. The van der Waals surface area contributed by atoms with Gasteiger partial charge in [0.2, 0.25) is 11.8 Å². The molecular formula is C31H38ClN3O4S. The molecule has 9 heteroatoms. The van der Waals surface area contributed by atoms with Crippen LogP contribution in [-0.4, -0.2) is 43.8 Å². The summed E-state index contributed by atoms with van der Waals surface area (Å²) in [6.07, 6.45) is 0.910. The summed E-state index contributed by atoms with van der Waals surface area (Å²) in [6, 6.07) is 19.9. The van der Waals surface area contributed by atoms with Crippen LogP contribution < -0.4 is 9.62 Å². The van der Waals surface area contributed by atoms with Gasteiger partial charge in [0, 0.05) is 17.6 Å². The number of carbonyl (C=O) groups excluding carboxylic acids is 2. The largest absolute Gasteiger partial charge is 0.352 e. The molecule has 0 aliphatic carbocycles. The number of amides is 2. The number of rotatable bonds is 12. The van der Waals surface area contributed by atoms with Crippen molar-refractivity contribution in [3.05, 3.63) is 94.5 Å². The maximum atomic E-state index is 14.2. The highest BCUT2D eigenvalue weighted by atomic mass is 35.5. The molecule has 0 radical (unpaired) electrons. The van der Waals surface area contributed by atoms with Gasteiger partial charge in [0.05, 0.1) is 10.6 Å². The average molecular weight is 584 g/mol. The van der Waals surface area contributed by atoms with Crippen molar-refractivity contribution in [1.82, 2.24) is 10.2 Å². The van der Waals surface area contributed by atoms with E-state index in [-0.39, 0.29) is 23.4 Å². The molecule has 0 aromatic heterocycles. The first kappa shape index (κ1) is 31.2. The molecule has 0 saturated carbocycles. The predicted octanol–water partition coefficient (Wildman–Crippen LogP) is 5.74. The van der Waals surface area contributed by atoms with Crippen LogP contribution in [-0.2, 0) is 32.6 Å². The molecule has 3 rings (SSSR count). The van der Waals surface area contributed by atoms with Crippen LogP contribution in [0.1, 0.15) is 50.8 Å². The molecule has 40 heavy (non-hydrogen) atoms. The van der Waals surface area contributed by atoms with Crippen molar-refractivity contribution >= 4 is 39.1 Å². The van der Waals surface area contributed by atoms with Gasteiger partial charge >= 0.3 is 0 Å². The van der Waals surface area contributed by atoms with E-state index in [9.17, 15) is 18.0 Å². The maximum absolute atomic E-state index is 14.2. The van der Waals surface area contributed by atoms with Crippen molar-refractivity contribution in [2.75, 3.05) is 10.8 Å². The molecule has 0 aliphatic heterocycles. The van der Waals surface area contributed by atoms with Gasteiger partial charge in [-0.1, -0.05) is 79.5 Å². The first-order valence-electron chi connectivity index (χ1n) is 13.5. The second-order valence-electron chi connectivity index (χ2n) is 10.0. The Bertz CT molecular complexity index is 1420. The summed E-state index contributed by atoms with van der Waals surface area (Å²) in [4.78, 5) is 28.9. The Hall–Kier alpha value is -3.36. The summed E-state index contributed by atoms with van der Waals surface area (Å²) in [5.74, 6) is -0.813. The summed E-state index contributed by atoms with van der Waals surface area (Å²) in [5.41, 5.74) is 2.79. The number of nitrogens with zero attached hydrogens (tertiary/aromatic N) is 2. The zero-order valence-electron chi connectivity index (χ0n) is 23.7. The van der Waals surface area contributed by atoms with Crippen LogP contribution in [0.15, 0.2) is 77.7 Å². The zero-order valence-corrected chi connectivity index (χ0v) is 25.3. The van der Waals surface area contributed by atoms with E-state index in [4.69, 9.17) is 11.6 Å². The number of hydrogen-bond donors (Lipinski definition) is 1. The van der Waals surface area contributed by atoms with Crippen molar-refractivity contribution in [1.29, 1.82) is 0 Å². The number of sulfonamides is 1. The highest BCUT2D eigenvalue weighted by molar-refractivity contribution is 7.92. The molecular weight excluding hydrogens is 546 g/mol. The van der Waals surface area contributed by atoms with Gasteiger partial charge in [-0.2, -0.15) is 0 Å². The van der Waals surface area contributed by atoms with Crippen LogP contribution in [0.4, 0.5) is 5.69 Å². The molecule has 0 heterocycles. The highest BCUT2D eigenvalue weighted by Gasteiger charge is 2.34. The zero-order chi connectivity index (χ0) is 29.4. The molecule has 0 fully saturated rings. The SMILES string of the molecule is CCc1ccccc1N(CC(=O)N(Cc1ccccc1Cl)C(CC)C(=O)NC(C)C)S(=O)(=O)c1ccc(C)cc1. The third kappa shape index (κ3) is 7.43. The van der Waals surface area contributed by atoms with E-state index in [2.05, 4.69) is 5.32 Å². The number of halogens is 1. The third-order valence-electron chi connectivity index (χ3n) is 6.64. The summed E-state index contributed by atoms with van der Waals surface area (Å²) in [7, 11) is -4.13. The number of anilines is 1. The summed E-state index contributed by atoms with van der Waals surface area (Å²) in [6.45, 7) is 8.91. The summed E-state index contributed by atoms with van der Waals surface area (Å²) < 4.78 is 29.3. The topological polar surface area (TPSA) is 86.8 Å². The second-order valence-corrected chi connectivity index (χ2v) is 12.3. The van der Waals surface area contributed by atoms with Gasteiger partial charge in [-0.25, -0.2) is 8.42 Å². The predicted molar refractivity (Wildman–Crippen MR) is 161 cm³/mol. The Kier molecular flexibility index (Phi) is 10.8. The summed E-state index contributed by atoms with van der Waals surface area (Å²) >= 11 is 6.45. The van der Waals surface area contributed by atoms with Crippen molar-refractivity contribution < 1.29 is 18.0 Å². The second kappa shape index (κ2) is 13.8. The Morgan fingerprint density at radius 2 is 1.50 bits per heavy atom. The Balaban J connectivity index is 2.11. The van der Waals surface area contributed by atoms with Gasteiger partial charge in [-0.05, 0) is 69.0 Å². The van der Waals surface area contributed by atoms with Gasteiger partial charge in [0.1, 0.15) is 12.6 Å². The monoisotopic (exact) mass is 583 g/mol. The fourth-order valence-electron chi connectivity index (χ4n) is 4.51. The van der Waals surface area contributed by atoms with E-state index in [0.29, 0.717) is 29.1 Å². The molecule has 2 amide bonds. The van der Waals surface area contributed by atoms with Gasteiger partial charge in [0.15, 0.2) is 0 Å². The molecule has 0 saturated heterocycles. The van der Waals surface area contributed by atoms with Gasteiger partial charge in [-0.3, -0.25) is 13.9 Å². The normalized spacial score (nSPS) is 12.2. The van der Waals surface area contributed by atoms with Crippen LogP contribution in [0.2, 0.25) is 5.02 Å². The molecule has 3 aromatic rings. The summed E-state index contributed by atoms with van der Waals surface area (Å²) in [5, 5.41) is 3.35. The lowest BCUT2D eigenvalue weighted by Crippen LogP contribution is -2.53. The maximum Gasteiger partial charge on any atom is 0.264 e. The molecule has 214 valence electrons. The minimum atomic E-state index is -4.13. The fraction of sp³-hybridized carbons (Fsp3) is 0.355. The number of carbonyl (C=O) groups is 2. The quantitative estimate of drug-likeness (QED) is 0.295. The van der Waals surface area contributed by atoms with E-state index < -0.39 is 28.5 Å². The molecule has 0 bridgehead atoms. The number of nitrogens with one attached hydrogen (secondary N) is 1. The molecule has 7 nitrogen and oxygen atoms in total. The standard InChI is InChI=1S/C31H38ClN3O4S/c1-6-24-12-9-11-15-29(24)35(40(38,39)26-18-16-23(5)17-19-26)21-30(36)34(20-25-13-8-10-14-27(25)32)28(7-2)31(37)33-22(3)4/h8-19,22,28H,6-7,20-21H2,1-5H3,(H,33,37). The Morgan fingerprint density at radius 3 is 2.08 bits per heavy atom. The van der Waals surface area contributed by atoms with Crippen LogP contribution in [0, 0.1) is 6.92 Å². The average Bonchev–Trinajstić information content (AvgIpc) is 2.92.